The molecule has 0 spiro atoms. The van der Waals surface area contributed by atoms with E-state index in [1.165, 1.54) is 0 Å². The van der Waals surface area contributed by atoms with Gasteiger partial charge in [0.05, 0.1) is 12.2 Å². The van der Waals surface area contributed by atoms with E-state index in [2.05, 4.69) is 15.3 Å². The van der Waals surface area contributed by atoms with Crippen LogP contribution in [0.15, 0.2) is 6.20 Å². The maximum atomic E-state index is 11.7. The first kappa shape index (κ1) is 14.5. The van der Waals surface area contributed by atoms with E-state index in [1.54, 1.807) is 6.20 Å². The van der Waals surface area contributed by atoms with Crippen LogP contribution in [-0.2, 0) is 11.2 Å². The molecule has 6 N–H and O–H groups in total. The third-order valence-electron chi connectivity index (χ3n) is 3.13. The number of nitrogens with zero attached hydrogens (tertiary/aromatic N) is 1. The van der Waals surface area contributed by atoms with E-state index in [1.807, 2.05) is 13.8 Å². The molecule has 1 amide bonds. The standard InChI is InChI=1S/C12H23N5O/c1-3-8(2)10(13)11(18)15-6-4-5-9-7-16-12(14)17-9/h7-8,10H,3-6,13H2,1-2H3,(H,15,18)(H3,14,16,17)/t8-,10-/m0/s1. The van der Waals surface area contributed by atoms with Gasteiger partial charge in [-0.2, -0.15) is 0 Å². The molecule has 0 saturated heterocycles. The lowest BCUT2D eigenvalue weighted by Gasteiger charge is -2.17. The molecule has 0 bridgehead atoms. The van der Waals surface area contributed by atoms with Crippen molar-refractivity contribution in [2.75, 3.05) is 12.3 Å². The van der Waals surface area contributed by atoms with E-state index in [0.29, 0.717) is 12.5 Å². The molecule has 18 heavy (non-hydrogen) atoms. The topological polar surface area (TPSA) is 110 Å². The summed E-state index contributed by atoms with van der Waals surface area (Å²) in [6, 6.07) is -0.419. The number of hydrogen-bond acceptors (Lipinski definition) is 4. The minimum Gasteiger partial charge on any atom is -0.369 e. The van der Waals surface area contributed by atoms with E-state index in [9.17, 15) is 4.79 Å². The highest BCUT2D eigenvalue weighted by Gasteiger charge is 2.18. The summed E-state index contributed by atoms with van der Waals surface area (Å²) in [5.74, 6) is 0.554. The minimum absolute atomic E-state index is 0.0755. The highest BCUT2D eigenvalue weighted by atomic mass is 16.2. The number of carbonyl (C=O) groups is 1. The van der Waals surface area contributed by atoms with E-state index >= 15 is 0 Å². The predicted octanol–water partition coefficient (Wildman–Crippen LogP) is 0.414. The summed E-state index contributed by atoms with van der Waals surface area (Å²) in [7, 11) is 0. The monoisotopic (exact) mass is 253 g/mol. The van der Waals surface area contributed by atoms with Gasteiger partial charge in [-0.25, -0.2) is 4.98 Å². The maximum Gasteiger partial charge on any atom is 0.237 e. The molecular weight excluding hydrogens is 230 g/mol. The molecule has 1 aromatic rings. The molecule has 0 fully saturated rings. The second-order valence-electron chi connectivity index (χ2n) is 4.60. The number of imidazole rings is 1. The second kappa shape index (κ2) is 7.00. The van der Waals surface area contributed by atoms with Crippen LogP contribution in [0.3, 0.4) is 0 Å². The largest absolute Gasteiger partial charge is 0.369 e. The van der Waals surface area contributed by atoms with Crippen molar-refractivity contribution in [1.29, 1.82) is 0 Å². The van der Waals surface area contributed by atoms with Crippen molar-refractivity contribution in [3.8, 4) is 0 Å². The summed E-state index contributed by atoms with van der Waals surface area (Å²) in [6.45, 7) is 4.62. The zero-order chi connectivity index (χ0) is 13.5. The Morgan fingerprint density at radius 3 is 2.89 bits per heavy atom. The zero-order valence-corrected chi connectivity index (χ0v) is 11.1. The van der Waals surface area contributed by atoms with Gasteiger partial charge in [-0.3, -0.25) is 4.79 Å². The molecule has 0 aliphatic heterocycles. The highest BCUT2D eigenvalue weighted by molar-refractivity contribution is 5.81. The number of nitrogens with one attached hydrogen (secondary N) is 2. The molecule has 0 aliphatic rings. The summed E-state index contributed by atoms with van der Waals surface area (Å²) in [6.07, 6.45) is 4.26. The number of amides is 1. The van der Waals surface area contributed by atoms with Gasteiger partial charge in [-0.1, -0.05) is 20.3 Å². The molecule has 1 rings (SSSR count). The van der Waals surface area contributed by atoms with Crippen LogP contribution in [-0.4, -0.2) is 28.5 Å². The Balaban J connectivity index is 2.19. The van der Waals surface area contributed by atoms with Gasteiger partial charge in [0.1, 0.15) is 0 Å². The fraction of sp³-hybridized carbons (Fsp3) is 0.667. The maximum absolute atomic E-state index is 11.7. The van der Waals surface area contributed by atoms with Gasteiger partial charge in [-0.15, -0.1) is 0 Å². The summed E-state index contributed by atoms with van der Waals surface area (Å²) >= 11 is 0. The van der Waals surface area contributed by atoms with Gasteiger partial charge in [0.15, 0.2) is 5.95 Å². The summed E-state index contributed by atoms with van der Waals surface area (Å²) < 4.78 is 0. The Labute approximate surface area is 108 Å². The Hall–Kier alpha value is -1.56. The number of nitrogens with two attached hydrogens (primary N) is 2. The van der Waals surface area contributed by atoms with Crippen LogP contribution in [0.25, 0.3) is 0 Å². The first-order valence-corrected chi connectivity index (χ1v) is 6.37. The lowest BCUT2D eigenvalue weighted by Crippen LogP contribution is -2.44. The van der Waals surface area contributed by atoms with Crippen molar-refractivity contribution in [3.63, 3.8) is 0 Å². The van der Waals surface area contributed by atoms with Crippen molar-refractivity contribution >= 4 is 11.9 Å². The van der Waals surface area contributed by atoms with Crippen molar-refractivity contribution in [3.05, 3.63) is 11.9 Å². The average molecular weight is 253 g/mol. The Morgan fingerprint density at radius 1 is 1.61 bits per heavy atom. The smallest absolute Gasteiger partial charge is 0.237 e. The van der Waals surface area contributed by atoms with E-state index in [0.717, 1.165) is 25.0 Å². The molecule has 0 aromatic carbocycles. The number of aromatic amines is 1. The quantitative estimate of drug-likeness (QED) is 0.528. The number of hydrogen-bond donors (Lipinski definition) is 4. The number of aromatic nitrogens is 2. The van der Waals surface area contributed by atoms with Crippen molar-refractivity contribution in [2.45, 2.75) is 39.2 Å². The Kier molecular flexibility index (Phi) is 5.64. The van der Waals surface area contributed by atoms with Gasteiger partial charge >= 0.3 is 0 Å². The van der Waals surface area contributed by atoms with E-state index < -0.39 is 6.04 Å². The van der Waals surface area contributed by atoms with Crippen LogP contribution in [0, 0.1) is 5.92 Å². The van der Waals surface area contributed by atoms with Gasteiger partial charge in [-0.05, 0) is 18.8 Å². The third kappa shape index (κ3) is 4.37. The molecule has 1 aromatic heterocycles. The van der Waals surface area contributed by atoms with Crippen LogP contribution in [0.4, 0.5) is 5.95 Å². The molecule has 2 atom stereocenters. The molecule has 0 radical (unpaired) electrons. The first-order valence-electron chi connectivity index (χ1n) is 6.37. The Morgan fingerprint density at radius 2 is 2.33 bits per heavy atom. The summed E-state index contributed by atoms with van der Waals surface area (Å²) in [5.41, 5.74) is 12.3. The van der Waals surface area contributed by atoms with Crippen molar-refractivity contribution < 1.29 is 4.79 Å². The fourth-order valence-electron chi connectivity index (χ4n) is 1.62. The van der Waals surface area contributed by atoms with Crippen LogP contribution in [0.5, 0.6) is 0 Å². The van der Waals surface area contributed by atoms with Crippen LogP contribution >= 0.6 is 0 Å². The summed E-state index contributed by atoms with van der Waals surface area (Å²) in [4.78, 5) is 18.5. The van der Waals surface area contributed by atoms with Crippen molar-refractivity contribution in [1.82, 2.24) is 15.3 Å². The summed E-state index contributed by atoms with van der Waals surface area (Å²) in [5, 5.41) is 2.85. The minimum atomic E-state index is -0.419. The van der Waals surface area contributed by atoms with Crippen LogP contribution in [0.1, 0.15) is 32.4 Å². The first-order chi connectivity index (χ1) is 8.54. The van der Waals surface area contributed by atoms with E-state index in [4.69, 9.17) is 11.5 Å². The molecule has 6 nitrogen and oxygen atoms in total. The number of anilines is 1. The molecule has 1 heterocycles. The predicted molar refractivity (Wildman–Crippen MR) is 71.8 cm³/mol. The average Bonchev–Trinajstić information content (AvgIpc) is 2.78. The molecule has 102 valence electrons. The number of carbonyl (C=O) groups excluding carboxylic acids is 1. The number of rotatable bonds is 7. The number of nitrogen functional groups attached to an aromatic ring is 1. The van der Waals surface area contributed by atoms with Gasteiger partial charge in [0.25, 0.3) is 0 Å². The second-order valence-corrected chi connectivity index (χ2v) is 4.60. The molecular formula is C12H23N5O. The lowest BCUT2D eigenvalue weighted by atomic mass is 9.99. The highest BCUT2D eigenvalue weighted by Crippen LogP contribution is 2.05. The molecule has 6 heteroatoms. The lowest BCUT2D eigenvalue weighted by molar-refractivity contribution is -0.123. The third-order valence-corrected chi connectivity index (χ3v) is 3.13. The number of H-pyrrole nitrogens is 1. The van der Waals surface area contributed by atoms with E-state index in [-0.39, 0.29) is 11.8 Å². The molecule has 0 saturated carbocycles. The Bertz CT molecular complexity index is 376. The van der Waals surface area contributed by atoms with Crippen molar-refractivity contribution in [2.24, 2.45) is 11.7 Å². The fourth-order valence-corrected chi connectivity index (χ4v) is 1.62. The van der Waals surface area contributed by atoms with Gasteiger partial charge in [0.2, 0.25) is 5.91 Å². The molecule has 0 aliphatic carbocycles. The van der Waals surface area contributed by atoms with Crippen LogP contribution < -0.4 is 16.8 Å². The van der Waals surface area contributed by atoms with Gasteiger partial charge < -0.3 is 21.8 Å². The zero-order valence-electron chi connectivity index (χ0n) is 11.1. The number of aryl methyl sites for hydroxylation is 1. The SMILES string of the molecule is CC[C@H](C)[C@H](N)C(=O)NCCCc1cnc(N)[nH]1. The van der Waals surface area contributed by atoms with Crippen LogP contribution in [0.2, 0.25) is 0 Å². The van der Waals surface area contributed by atoms with Gasteiger partial charge in [0, 0.05) is 12.2 Å². The molecule has 0 unspecified atom stereocenters. The normalized spacial score (nSPS) is 14.2.